The van der Waals surface area contributed by atoms with Crippen LogP contribution in [-0.2, 0) is 20.7 Å². The Morgan fingerprint density at radius 2 is 2.03 bits per heavy atom. The number of halogens is 1. The maximum absolute atomic E-state index is 14.8. The number of aromatic nitrogens is 2. The predicted octanol–water partition coefficient (Wildman–Crippen LogP) is 0.665. The maximum atomic E-state index is 14.8. The molecule has 0 amide bonds. The molecule has 0 aliphatic carbocycles. The fourth-order valence-corrected chi connectivity index (χ4v) is 5.91. The van der Waals surface area contributed by atoms with E-state index >= 15 is 0 Å². The van der Waals surface area contributed by atoms with Crippen LogP contribution in [0.25, 0.3) is 0 Å². The molecule has 1 aliphatic rings. The Kier molecular flexibility index (Phi) is 7.93. The number of aliphatic hydroxyl groups is 1. The van der Waals surface area contributed by atoms with Gasteiger partial charge in [0.15, 0.2) is 6.17 Å². The molecule has 2 heterocycles. The molecule has 33 heavy (non-hydrogen) atoms. The highest BCUT2D eigenvalue weighted by Crippen LogP contribution is 2.48. The molecular formula is C19H24FN4O7PS. The molecule has 5 atom stereocenters. The highest BCUT2D eigenvalue weighted by molar-refractivity contribution is 8.00. The molecule has 0 bridgehead atoms. The van der Waals surface area contributed by atoms with E-state index < -0.39 is 54.9 Å². The molecule has 1 aliphatic heterocycles. The summed E-state index contributed by atoms with van der Waals surface area (Å²) in [6.45, 7) is 0.616. The van der Waals surface area contributed by atoms with Crippen LogP contribution < -0.4 is 11.4 Å². The van der Waals surface area contributed by atoms with E-state index in [1.54, 1.807) is 30.3 Å². The number of esters is 1. The lowest BCUT2D eigenvalue weighted by Crippen LogP contribution is -2.44. The zero-order chi connectivity index (χ0) is 24.3. The fraction of sp³-hybridized carbons (Fsp3) is 0.421. The summed E-state index contributed by atoms with van der Waals surface area (Å²) in [6.07, 6.45) is -2.36. The van der Waals surface area contributed by atoms with Gasteiger partial charge in [-0.15, -0.1) is 11.8 Å². The smallest absolute Gasteiger partial charge is 0.403 e. The van der Waals surface area contributed by atoms with Crippen LogP contribution in [0.1, 0.15) is 17.9 Å². The van der Waals surface area contributed by atoms with Crippen LogP contribution in [0.5, 0.6) is 0 Å². The molecule has 1 fully saturated rings. The number of alkyl halides is 1. The number of nitrogens with two attached hydrogens (primary N) is 1. The van der Waals surface area contributed by atoms with Gasteiger partial charge in [-0.1, -0.05) is 30.3 Å². The van der Waals surface area contributed by atoms with Gasteiger partial charge >= 0.3 is 19.4 Å². The van der Waals surface area contributed by atoms with Gasteiger partial charge in [-0.2, -0.15) is 9.65 Å². The first-order valence-electron chi connectivity index (χ1n) is 9.84. The molecule has 0 saturated carbocycles. The van der Waals surface area contributed by atoms with Gasteiger partial charge in [-0.3, -0.25) is 9.36 Å². The highest BCUT2D eigenvalue weighted by Gasteiger charge is 2.48. The Balaban J connectivity index is 1.73. The van der Waals surface area contributed by atoms with Crippen molar-refractivity contribution in [3.05, 3.63) is 58.6 Å². The Hall–Kier alpha value is -2.28. The quantitative estimate of drug-likeness (QED) is 0.296. The minimum absolute atomic E-state index is 0.0535. The van der Waals surface area contributed by atoms with Crippen LogP contribution in [0.4, 0.5) is 10.2 Å². The zero-order valence-corrected chi connectivity index (χ0v) is 19.2. The van der Waals surface area contributed by atoms with Crippen molar-refractivity contribution in [3.63, 3.8) is 0 Å². The number of carbonyl (C=O) groups excluding carboxylic acids is 1. The Labute approximate surface area is 192 Å². The van der Waals surface area contributed by atoms with Gasteiger partial charge in [0.1, 0.15) is 29.9 Å². The summed E-state index contributed by atoms with van der Waals surface area (Å²) in [5.41, 5.74) is 5.30. The summed E-state index contributed by atoms with van der Waals surface area (Å²) in [4.78, 5) is 47.7. The van der Waals surface area contributed by atoms with E-state index in [2.05, 4.69) is 4.98 Å². The molecular weight excluding hydrogens is 478 g/mol. The number of ether oxygens (including phenoxy) is 1. The number of rotatable bonds is 8. The lowest BCUT2D eigenvalue weighted by Gasteiger charge is -2.30. The lowest BCUT2D eigenvalue weighted by molar-refractivity contribution is -0.149. The number of hydrogen-bond donors (Lipinski definition) is 4. The average molecular weight is 502 g/mol. The number of nitrogens with zero attached hydrogens (tertiary/aromatic N) is 3. The second kappa shape index (κ2) is 10.3. The van der Waals surface area contributed by atoms with Crippen LogP contribution in [-0.4, -0.2) is 65.2 Å². The molecule has 3 rings (SSSR count). The van der Waals surface area contributed by atoms with Crippen molar-refractivity contribution in [2.45, 2.75) is 42.5 Å². The minimum atomic E-state index is -5.00. The average Bonchev–Trinajstić information content (AvgIpc) is 3.03. The molecule has 11 nitrogen and oxygen atoms in total. The summed E-state index contributed by atoms with van der Waals surface area (Å²) >= 11 is 0.804. The first-order valence-corrected chi connectivity index (χ1v) is 12.4. The molecule has 0 radical (unpaired) electrons. The molecule has 0 spiro atoms. The van der Waals surface area contributed by atoms with Crippen LogP contribution in [0.15, 0.2) is 47.4 Å². The fourth-order valence-electron chi connectivity index (χ4n) is 3.34. The molecule has 5 N–H and O–H groups in total. The molecule has 180 valence electrons. The zero-order valence-electron chi connectivity index (χ0n) is 17.5. The number of carbonyl (C=O) groups is 1. The van der Waals surface area contributed by atoms with Crippen LogP contribution in [0.2, 0.25) is 0 Å². The molecule has 14 heteroatoms. The number of aliphatic hydroxyl groups excluding tert-OH is 1. The summed E-state index contributed by atoms with van der Waals surface area (Å²) in [5, 5.41) is 8.12. The van der Waals surface area contributed by atoms with Crippen molar-refractivity contribution >= 4 is 31.3 Å². The van der Waals surface area contributed by atoms with E-state index in [9.17, 15) is 33.4 Å². The third-order valence-electron chi connectivity index (χ3n) is 5.13. The molecule has 2 aromatic rings. The monoisotopic (exact) mass is 502 g/mol. The number of thioether (sulfide) groups is 1. The summed E-state index contributed by atoms with van der Waals surface area (Å²) < 4.78 is 33.6. The molecule has 0 unspecified atom stereocenters. The Morgan fingerprint density at radius 1 is 1.36 bits per heavy atom. The molecule has 1 saturated heterocycles. The van der Waals surface area contributed by atoms with Gasteiger partial charge in [0.2, 0.25) is 0 Å². The maximum Gasteiger partial charge on any atom is 0.403 e. The van der Waals surface area contributed by atoms with E-state index in [0.29, 0.717) is 10.2 Å². The van der Waals surface area contributed by atoms with Gasteiger partial charge in [0.25, 0.3) is 0 Å². The van der Waals surface area contributed by atoms with Gasteiger partial charge in [0, 0.05) is 18.0 Å². The number of benzene rings is 1. The van der Waals surface area contributed by atoms with Crippen molar-refractivity contribution in [2.75, 3.05) is 12.3 Å². The third kappa shape index (κ3) is 5.99. The summed E-state index contributed by atoms with van der Waals surface area (Å²) in [7, 11) is -5.00. The Morgan fingerprint density at radius 3 is 2.64 bits per heavy atom. The largest absolute Gasteiger partial charge is 0.460 e. The van der Waals surface area contributed by atoms with E-state index in [1.165, 1.54) is 19.2 Å². The predicted molar refractivity (Wildman–Crippen MR) is 119 cm³/mol. The van der Waals surface area contributed by atoms with Crippen molar-refractivity contribution in [1.82, 2.24) is 14.2 Å². The summed E-state index contributed by atoms with van der Waals surface area (Å²) in [6, 6.07) is 8.63. The second-order valence-corrected chi connectivity index (χ2v) is 10.3. The Bertz CT molecular complexity index is 1090. The number of hydrogen-bond acceptors (Lipinski definition) is 8. The SMILES string of the molecule is C[C@@H](C(=O)OCc1ccccc1)N(C[C@H]1S[C@@H](n2ccc(N)nc2=O)[C@@H](F)[C@@H]1O)P(=O)(O)O. The number of anilines is 1. The molecule has 1 aromatic heterocycles. The van der Waals surface area contributed by atoms with Crippen LogP contribution in [0, 0.1) is 0 Å². The molecule has 1 aromatic carbocycles. The normalized spacial score (nSPS) is 24.1. The van der Waals surface area contributed by atoms with E-state index in [1.807, 2.05) is 0 Å². The minimum Gasteiger partial charge on any atom is -0.460 e. The topological polar surface area (TPSA) is 168 Å². The van der Waals surface area contributed by atoms with Crippen molar-refractivity contribution in [3.8, 4) is 0 Å². The lowest BCUT2D eigenvalue weighted by atomic mass is 10.1. The van der Waals surface area contributed by atoms with Gasteiger partial charge in [-0.25, -0.2) is 13.8 Å². The van der Waals surface area contributed by atoms with Crippen molar-refractivity contribution in [1.29, 1.82) is 0 Å². The highest BCUT2D eigenvalue weighted by atomic mass is 32.2. The second-order valence-electron chi connectivity index (χ2n) is 7.45. The first kappa shape index (κ1) is 25.3. The van der Waals surface area contributed by atoms with Crippen LogP contribution in [0.3, 0.4) is 0 Å². The number of nitrogen functional groups attached to an aromatic ring is 1. The van der Waals surface area contributed by atoms with Gasteiger partial charge in [0.05, 0.1) is 0 Å². The standard InChI is InChI=1S/C19H24FN4O7PS/c1-11(18(26)31-10-12-5-3-2-4-6-12)24(32(28,29)30)9-13-16(25)15(20)17(33-13)23-8-7-14(21)22-19(23)27/h2-8,11,13,15-17,25H,9-10H2,1H3,(H2,21,22,27)(H2,28,29,30)/t11-,13+,15-,16+,17+/m0/s1. The van der Waals surface area contributed by atoms with Gasteiger partial charge < -0.3 is 25.4 Å². The first-order chi connectivity index (χ1) is 15.5. The van der Waals surface area contributed by atoms with E-state index in [-0.39, 0.29) is 12.4 Å². The van der Waals surface area contributed by atoms with Crippen LogP contribution >= 0.6 is 19.5 Å². The van der Waals surface area contributed by atoms with Gasteiger partial charge in [-0.05, 0) is 18.6 Å². The third-order valence-corrected chi connectivity index (χ3v) is 7.86. The summed E-state index contributed by atoms with van der Waals surface area (Å²) in [5.74, 6) is -0.950. The van der Waals surface area contributed by atoms with Crippen molar-refractivity contribution < 1.29 is 33.4 Å². The van der Waals surface area contributed by atoms with Crippen molar-refractivity contribution in [2.24, 2.45) is 0 Å². The van der Waals surface area contributed by atoms with E-state index in [4.69, 9.17) is 10.5 Å². The van der Waals surface area contributed by atoms with E-state index in [0.717, 1.165) is 16.3 Å².